The summed E-state index contributed by atoms with van der Waals surface area (Å²) in [7, 11) is 0. The monoisotopic (exact) mass is 641 g/mol. The largest absolute Gasteiger partial charge is 0.455 e. The molecule has 1 aliphatic rings. The summed E-state index contributed by atoms with van der Waals surface area (Å²) in [6.07, 6.45) is 0. The molecule has 0 bridgehead atoms. The third-order valence-corrected chi connectivity index (χ3v) is 10.3. The van der Waals surface area contributed by atoms with E-state index in [1.54, 1.807) is 0 Å². The molecule has 0 radical (unpaired) electrons. The number of nitrogens with zero attached hydrogens (tertiary/aromatic N) is 3. The molecule has 4 nitrogen and oxygen atoms in total. The van der Waals surface area contributed by atoms with Crippen LogP contribution in [0.3, 0.4) is 0 Å². The first kappa shape index (κ1) is 28.6. The molecule has 7 aromatic carbocycles. The van der Waals surface area contributed by atoms with E-state index >= 15 is 0 Å². The van der Waals surface area contributed by atoms with Crippen LogP contribution in [0.15, 0.2) is 156 Å². The summed E-state index contributed by atoms with van der Waals surface area (Å²) in [6.45, 7) is 4.67. The highest BCUT2D eigenvalue weighted by Gasteiger charge is 2.39. The van der Waals surface area contributed by atoms with Crippen LogP contribution >= 0.6 is 0 Å². The van der Waals surface area contributed by atoms with Gasteiger partial charge in [-0.25, -0.2) is 15.0 Å². The van der Waals surface area contributed by atoms with Gasteiger partial charge in [0.1, 0.15) is 11.2 Å². The summed E-state index contributed by atoms with van der Waals surface area (Å²) in [6, 6.07) is 52.8. The molecule has 4 heteroatoms. The van der Waals surface area contributed by atoms with E-state index < -0.39 is 0 Å². The highest BCUT2D eigenvalue weighted by atomic mass is 16.3. The molecular weight excluding hydrogens is 611 g/mol. The number of aromatic nitrogens is 3. The van der Waals surface area contributed by atoms with Crippen molar-refractivity contribution in [1.82, 2.24) is 15.0 Å². The van der Waals surface area contributed by atoms with Gasteiger partial charge in [0.25, 0.3) is 0 Å². The number of fused-ring (bicyclic) bond motifs is 10. The lowest BCUT2D eigenvalue weighted by Crippen LogP contribution is -2.15. The summed E-state index contributed by atoms with van der Waals surface area (Å²) < 4.78 is 7.02. The average molecular weight is 642 g/mol. The summed E-state index contributed by atoms with van der Waals surface area (Å²) >= 11 is 0. The first-order chi connectivity index (χ1) is 24.6. The molecule has 0 aliphatic heterocycles. The Bertz CT molecular complexity index is 2760. The van der Waals surface area contributed by atoms with Crippen molar-refractivity contribution in [3.8, 4) is 56.4 Å². The van der Waals surface area contributed by atoms with Crippen LogP contribution in [0.2, 0.25) is 0 Å². The van der Waals surface area contributed by atoms with Gasteiger partial charge >= 0.3 is 0 Å². The number of hydrogen-bond acceptors (Lipinski definition) is 4. The maximum atomic E-state index is 7.02. The summed E-state index contributed by atoms with van der Waals surface area (Å²) in [4.78, 5) is 15.2. The Morgan fingerprint density at radius 1 is 0.420 bits per heavy atom. The van der Waals surface area contributed by atoms with E-state index in [-0.39, 0.29) is 5.41 Å². The van der Waals surface area contributed by atoms with Crippen molar-refractivity contribution in [2.24, 2.45) is 0 Å². The SMILES string of the molecule is CC1(C)c2ccccc2-c2c1c1c3cccc(-c4nc(-c5ccccc5)nc(-c5ccc(-c6ccccc6)cc5)n4)c3oc1c1ccccc21. The van der Waals surface area contributed by atoms with E-state index in [4.69, 9.17) is 19.4 Å². The van der Waals surface area contributed by atoms with E-state index in [1.165, 1.54) is 33.2 Å². The maximum Gasteiger partial charge on any atom is 0.167 e. The highest BCUT2D eigenvalue weighted by molar-refractivity contribution is 6.24. The molecule has 9 aromatic rings. The summed E-state index contributed by atoms with van der Waals surface area (Å²) in [5, 5.41) is 4.54. The maximum absolute atomic E-state index is 7.02. The van der Waals surface area contributed by atoms with Crippen molar-refractivity contribution in [3.05, 3.63) is 163 Å². The third-order valence-electron chi connectivity index (χ3n) is 10.3. The van der Waals surface area contributed by atoms with E-state index in [9.17, 15) is 0 Å². The quantitative estimate of drug-likeness (QED) is 0.192. The van der Waals surface area contributed by atoms with Crippen LogP contribution in [0, 0.1) is 0 Å². The number of para-hydroxylation sites is 1. The molecule has 236 valence electrons. The molecule has 0 N–H and O–H groups in total. The zero-order valence-corrected chi connectivity index (χ0v) is 27.7. The molecule has 0 fully saturated rings. The zero-order valence-electron chi connectivity index (χ0n) is 27.7. The van der Waals surface area contributed by atoms with Gasteiger partial charge < -0.3 is 4.42 Å². The normalized spacial score (nSPS) is 13.2. The van der Waals surface area contributed by atoms with E-state index in [1.807, 2.05) is 36.4 Å². The number of hydrogen-bond donors (Lipinski definition) is 0. The van der Waals surface area contributed by atoms with Crippen LogP contribution < -0.4 is 0 Å². The van der Waals surface area contributed by atoms with Gasteiger partial charge in [-0.05, 0) is 44.8 Å². The van der Waals surface area contributed by atoms with Crippen molar-refractivity contribution in [3.63, 3.8) is 0 Å². The molecule has 1 aliphatic carbocycles. The fourth-order valence-electron chi connectivity index (χ4n) is 7.96. The van der Waals surface area contributed by atoms with E-state index in [0.29, 0.717) is 17.5 Å². The molecule has 0 saturated carbocycles. The van der Waals surface area contributed by atoms with Gasteiger partial charge in [0.15, 0.2) is 17.5 Å². The molecule has 2 heterocycles. The molecule has 0 amide bonds. The molecule has 0 saturated heterocycles. The Labute approximate surface area is 289 Å². The van der Waals surface area contributed by atoms with Gasteiger partial charge in [0.05, 0.1) is 5.56 Å². The zero-order chi connectivity index (χ0) is 33.4. The minimum absolute atomic E-state index is 0.215. The predicted molar refractivity (Wildman–Crippen MR) is 204 cm³/mol. The van der Waals surface area contributed by atoms with Crippen LogP contribution in [0.25, 0.3) is 89.1 Å². The summed E-state index contributed by atoms with van der Waals surface area (Å²) in [5.74, 6) is 1.81. The smallest absolute Gasteiger partial charge is 0.167 e. The minimum Gasteiger partial charge on any atom is -0.455 e. The van der Waals surface area contributed by atoms with E-state index in [0.717, 1.165) is 49.6 Å². The van der Waals surface area contributed by atoms with Gasteiger partial charge in [-0.3, -0.25) is 0 Å². The van der Waals surface area contributed by atoms with Crippen LogP contribution in [0.1, 0.15) is 25.0 Å². The molecular formula is C46H31N3O. The Morgan fingerprint density at radius 3 is 1.68 bits per heavy atom. The fraction of sp³-hybridized carbons (Fsp3) is 0.0652. The van der Waals surface area contributed by atoms with Crippen molar-refractivity contribution in [2.75, 3.05) is 0 Å². The molecule has 0 atom stereocenters. The highest BCUT2D eigenvalue weighted by Crippen LogP contribution is 2.56. The average Bonchev–Trinajstić information content (AvgIpc) is 3.68. The number of rotatable bonds is 4. The lowest BCUT2D eigenvalue weighted by Gasteiger charge is -2.22. The fourth-order valence-corrected chi connectivity index (χ4v) is 7.96. The molecule has 0 spiro atoms. The number of benzene rings is 7. The van der Waals surface area contributed by atoms with Gasteiger partial charge in [0, 0.05) is 32.7 Å². The van der Waals surface area contributed by atoms with Crippen molar-refractivity contribution in [1.29, 1.82) is 0 Å². The van der Waals surface area contributed by atoms with Crippen LogP contribution in [-0.4, -0.2) is 15.0 Å². The Kier molecular flexibility index (Phi) is 6.19. The van der Waals surface area contributed by atoms with E-state index in [2.05, 4.69) is 129 Å². The molecule has 2 aromatic heterocycles. The van der Waals surface area contributed by atoms with Crippen molar-refractivity contribution < 1.29 is 4.42 Å². The Morgan fingerprint density at radius 2 is 0.940 bits per heavy atom. The van der Waals surface area contributed by atoms with Gasteiger partial charge in [0.2, 0.25) is 0 Å². The topological polar surface area (TPSA) is 51.8 Å². The predicted octanol–water partition coefficient (Wildman–Crippen LogP) is 11.9. The van der Waals surface area contributed by atoms with Crippen LogP contribution in [0.4, 0.5) is 0 Å². The summed E-state index contributed by atoms with van der Waals surface area (Å²) in [5.41, 5.74) is 11.7. The second kappa shape index (κ2) is 10.8. The lowest BCUT2D eigenvalue weighted by atomic mass is 9.79. The second-order valence-corrected chi connectivity index (χ2v) is 13.6. The van der Waals surface area contributed by atoms with Gasteiger partial charge in [-0.2, -0.15) is 0 Å². The third kappa shape index (κ3) is 4.21. The number of furan rings is 1. The van der Waals surface area contributed by atoms with Crippen molar-refractivity contribution >= 4 is 32.7 Å². The van der Waals surface area contributed by atoms with Crippen LogP contribution in [-0.2, 0) is 5.41 Å². The Hall–Kier alpha value is -6.39. The first-order valence-corrected chi connectivity index (χ1v) is 17.0. The van der Waals surface area contributed by atoms with Gasteiger partial charge in [-0.1, -0.05) is 159 Å². The van der Waals surface area contributed by atoms with Gasteiger partial charge in [-0.15, -0.1) is 0 Å². The first-order valence-electron chi connectivity index (χ1n) is 17.0. The standard InChI is InChI=1S/C46H31N3O/c1-46(2)37-23-12-11-20-34(37)38-32-18-9-10-19-33(32)42-39(40(38)46)35-21-13-22-36(41(35)50-42)45-48-43(30-16-7-4-8-17-30)47-44(49-45)31-26-24-29(25-27-31)28-14-5-3-6-15-28/h3-27H,1-2H3. The molecule has 0 unspecified atom stereocenters. The Balaban J connectivity index is 1.23. The van der Waals surface area contributed by atoms with Crippen molar-refractivity contribution in [2.45, 2.75) is 19.3 Å². The minimum atomic E-state index is -0.215. The molecule has 50 heavy (non-hydrogen) atoms. The second-order valence-electron chi connectivity index (χ2n) is 13.6. The molecule has 10 rings (SSSR count). The van der Waals surface area contributed by atoms with Crippen LogP contribution in [0.5, 0.6) is 0 Å². The lowest BCUT2D eigenvalue weighted by molar-refractivity contribution is 0.659.